The highest BCUT2D eigenvalue weighted by Gasteiger charge is 2.13. The smallest absolute Gasteiger partial charge is 0.305 e. The van der Waals surface area contributed by atoms with E-state index in [0.29, 0.717) is 43.4 Å². The predicted molar refractivity (Wildman–Crippen MR) is 99.3 cm³/mol. The number of amides is 1. The van der Waals surface area contributed by atoms with E-state index in [1.165, 1.54) is 10.9 Å². The first-order chi connectivity index (χ1) is 13.0. The van der Waals surface area contributed by atoms with Gasteiger partial charge in [-0.2, -0.15) is 5.10 Å². The van der Waals surface area contributed by atoms with Crippen LogP contribution in [-0.4, -0.2) is 46.5 Å². The van der Waals surface area contributed by atoms with Gasteiger partial charge in [0, 0.05) is 12.7 Å². The number of carboxylic acid groups (broad SMARTS) is 1. The van der Waals surface area contributed by atoms with Crippen LogP contribution >= 0.6 is 0 Å². The van der Waals surface area contributed by atoms with E-state index < -0.39 is 5.97 Å². The summed E-state index contributed by atoms with van der Waals surface area (Å²) < 4.78 is 12.5. The van der Waals surface area contributed by atoms with Crippen molar-refractivity contribution in [1.82, 2.24) is 15.1 Å². The number of rotatable bonds is 11. The minimum Gasteiger partial charge on any atom is -0.490 e. The molecule has 0 aliphatic carbocycles. The van der Waals surface area contributed by atoms with Crippen LogP contribution in [0.1, 0.15) is 36.3 Å². The number of benzene rings is 1. The number of carbonyl (C=O) groups excluding carboxylic acids is 1. The van der Waals surface area contributed by atoms with Crippen molar-refractivity contribution in [3.8, 4) is 11.5 Å². The zero-order valence-corrected chi connectivity index (χ0v) is 15.6. The summed E-state index contributed by atoms with van der Waals surface area (Å²) in [5, 5.41) is 15.6. The quantitative estimate of drug-likeness (QED) is 0.624. The van der Waals surface area contributed by atoms with Gasteiger partial charge in [-0.25, -0.2) is 0 Å². The summed E-state index contributed by atoms with van der Waals surface area (Å²) in [4.78, 5) is 23.0. The second-order valence-corrected chi connectivity index (χ2v) is 5.74. The lowest BCUT2D eigenvalue weighted by Gasteiger charge is -2.13. The molecule has 0 saturated heterocycles. The van der Waals surface area contributed by atoms with Gasteiger partial charge in [0.05, 0.1) is 26.2 Å². The number of carboxylic acids is 1. The Morgan fingerprint density at radius 1 is 1.15 bits per heavy atom. The van der Waals surface area contributed by atoms with Gasteiger partial charge in [-0.05, 0) is 44.0 Å². The summed E-state index contributed by atoms with van der Waals surface area (Å²) in [5.41, 5.74) is 1.36. The Hall–Kier alpha value is -3.03. The molecule has 8 heteroatoms. The molecule has 0 radical (unpaired) electrons. The molecule has 1 heterocycles. The number of aliphatic carboxylic acids is 1. The Kier molecular flexibility index (Phi) is 7.66. The molecule has 0 fully saturated rings. The fourth-order valence-corrected chi connectivity index (χ4v) is 2.57. The molecular formula is C19H25N3O5. The molecule has 8 nitrogen and oxygen atoms in total. The first kappa shape index (κ1) is 20.3. The molecule has 146 valence electrons. The normalized spacial score (nSPS) is 10.4. The van der Waals surface area contributed by atoms with Crippen LogP contribution in [0.15, 0.2) is 30.5 Å². The maximum absolute atomic E-state index is 12.3. The van der Waals surface area contributed by atoms with Crippen LogP contribution in [0, 0.1) is 0 Å². The minimum atomic E-state index is -0.933. The summed E-state index contributed by atoms with van der Waals surface area (Å²) in [5.74, 6) is 0.177. The first-order valence-electron chi connectivity index (χ1n) is 8.95. The van der Waals surface area contributed by atoms with E-state index in [1.54, 1.807) is 6.07 Å². The molecule has 0 atom stereocenters. The number of hydrogen-bond donors (Lipinski definition) is 2. The Labute approximate surface area is 158 Å². The summed E-state index contributed by atoms with van der Waals surface area (Å²) >= 11 is 0. The van der Waals surface area contributed by atoms with Gasteiger partial charge in [0.25, 0.3) is 5.91 Å². The van der Waals surface area contributed by atoms with E-state index in [0.717, 1.165) is 5.56 Å². The van der Waals surface area contributed by atoms with Crippen LogP contribution in [0.25, 0.3) is 0 Å². The summed E-state index contributed by atoms with van der Waals surface area (Å²) in [6, 6.07) is 7.29. The van der Waals surface area contributed by atoms with E-state index in [-0.39, 0.29) is 18.9 Å². The van der Waals surface area contributed by atoms with Crippen LogP contribution in [0.2, 0.25) is 0 Å². The summed E-state index contributed by atoms with van der Waals surface area (Å²) in [6.45, 7) is 5.52. The molecule has 0 saturated carbocycles. The van der Waals surface area contributed by atoms with Gasteiger partial charge < -0.3 is 19.9 Å². The van der Waals surface area contributed by atoms with Gasteiger partial charge >= 0.3 is 5.97 Å². The Bertz CT molecular complexity index is 772. The van der Waals surface area contributed by atoms with Crippen molar-refractivity contribution in [3.63, 3.8) is 0 Å². The molecule has 1 aromatic carbocycles. The van der Waals surface area contributed by atoms with Crippen molar-refractivity contribution in [1.29, 1.82) is 0 Å². The monoisotopic (exact) mass is 375 g/mol. The lowest BCUT2D eigenvalue weighted by atomic mass is 10.1. The van der Waals surface area contributed by atoms with Crippen LogP contribution in [0.5, 0.6) is 11.5 Å². The Balaban J connectivity index is 1.92. The summed E-state index contributed by atoms with van der Waals surface area (Å²) in [7, 11) is 0. The molecule has 0 spiro atoms. The molecule has 0 aliphatic rings. The maximum Gasteiger partial charge on any atom is 0.305 e. The fraction of sp³-hybridized carbons (Fsp3) is 0.421. The highest BCUT2D eigenvalue weighted by molar-refractivity contribution is 5.92. The second kappa shape index (κ2) is 10.2. The minimum absolute atomic E-state index is 0.0889. The number of nitrogens with one attached hydrogen (secondary N) is 1. The SMILES string of the molecule is CCOc1ccc(CCNC(=O)c2ccnn2CCC(=O)O)cc1OCC. The van der Waals surface area contributed by atoms with Crippen LogP contribution in [-0.2, 0) is 17.8 Å². The molecule has 27 heavy (non-hydrogen) atoms. The molecule has 2 rings (SSSR count). The largest absolute Gasteiger partial charge is 0.490 e. The molecule has 0 unspecified atom stereocenters. The number of hydrogen-bond acceptors (Lipinski definition) is 5. The molecule has 1 amide bonds. The Morgan fingerprint density at radius 2 is 1.89 bits per heavy atom. The van der Waals surface area contributed by atoms with Crippen LogP contribution in [0.3, 0.4) is 0 Å². The molecule has 1 aromatic heterocycles. The lowest BCUT2D eigenvalue weighted by molar-refractivity contribution is -0.137. The van der Waals surface area contributed by atoms with Crippen molar-refractivity contribution >= 4 is 11.9 Å². The molecule has 2 N–H and O–H groups in total. The van der Waals surface area contributed by atoms with E-state index in [9.17, 15) is 9.59 Å². The highest BCUT2D eigenvalue weighted by atomic mass is 16.5. The standard InChI is InChI=1S/C19H25N3O5/c1-3-26-16-6-5-14(13-17(16)27-4-2)7-10-20-19(25)15-8-11-21-22(15)12-9-18(23)24/h5-6,8,11,13H,3-4,7,9-10,12H2,1-2H3,(H,20,25)(H,23,24). The van der Waals surface area contributed by atoms with Crippen molar-refractivity contribution in [2.75, 3.05) is 19.8 Å². The van der Waals surface area contributed by atoms with Gasteiger partial charge in [0.1, 0.15) is 5.69 Å². The van der Waals surface area contributed by atoms with Gasteiger partial charge in [0.2, 0.25) is 0 Å². The fourth-order valence-electron chi connectivity index (χ4n) is 2.57. The van der Waals surface area contributed by atoms with Gasteiger partial charge in [-0.15, -0.1) is 0 Å². The third-order valence-corrected chi connectivity index (χ3v) is 3.79. The average molecular weight is 375 g/mol. The number of carbonyl (C=O) groups is 2. The second-order valence-electron chi connectivity index (χ2n) is 5.74. The third kappa shape index (κ3) is 6.02. The maximum atomic E-state index is 12.3. The van der Waals surface area contributed by atoms with Crippen LogP contribution in [0.4, 0.5) is 0 Å². The third-order valence-electron chi connectivity index (χ3n) is 3.79. The highest BCUT2D eigenvalue weighted by Crippen LogP contribution is 2.28. The van der Waals surface area contributed by atoms with Gasteiger partial charge in [-0.3, -0.25) is 14.3 Å². The number of aryl methyl sites for hydroxylation is 1. The Morgan fingerprint density at radius 3 is 2.59 bits per heavy atom. The lowest BCUT2D eigenvalue weighted by Crippen LogP contribution is -2.28. The van der Waals surface area contributed by atoms with Gasteiger partial charge in [-0.1, -0.05) is 6.07 Å². The number of ether oxygens (including phenoxy) is 2. The molecule has 0 aliphatic heterocycles. The topological polar surface area (TPSA) is 103 Å². The van der Waals surface area contributed by atoms with E-state index in [4.69, 9.17) is 14.6 Å². The van der Waals surface area contributed by atoms with Crippen LogP contribution < -0.4 is 14.8 Å². The number of aromatic nitrogens is 2. The predicted octanol–water partition coefficient (Wildman–Crippen LogP) is 2.13. The van der Waals surface area contributed by atoms with Crippen molar-refractivity contribution in [2.45, 2.75) is 33.2 Å². The first-order valence-corrected chi connectivity index (χ1v) is 8.95. The zero-order valence-electron chi connectivity index (χ0n) is 15.6. The van der Waals surface area contributed by atoms with Crippen molar-refractivity contribution in [3.05, 3.63) is 41.7 Å². The number of nitrogens with zero attached hydrogens (tertiary/aromatic N) is 2. The molecule has 2 aromatic rings. The molecular weight excluding hydrogens is 350 g/mol. The van der Waals surface area contributed by atoms with Crippen molar-refractivity contribution < 1.29 is 24.2 Å². The van der Waals surface area contributed by atoms with E-state index >= 15 is 0 Å². The summed E-state index contributed by atoms with van der Waals surface area (Å²) in [6.07, 6.45) is 2.02. The van der Waals surface area contributed by atoms with E-state index in [1.807, 2.05) is 32.0 Å². The van der Waals surface area contributed by atoms with Gasteiger partial charge in [0.15, 0.2) is 11.5 Å². The average Bonchev–Trinajstić information content (AvgIpc) is 3.11. The zero-order chi connectivity index (χ0) is 19.6. The molecule has 0 bridgehead atoms. The van der Waals surface area contributed by atoms with E-state index in [2.05, 4.69) is 10.4 Å². The van der Waals surface area contributed by atoms with Crippen molar-refractivity contribution in [2.24, 2.45) is 0 Å².